The molecule has 0 N–H and O–H groups in total. The van der Waals surface area contributed by atoms with E-state index in [2.05, 4.69) is 16.7 Å². The Morgan fingerprint density at radius 2 is 2.33 bits per heavy atom. The van der Waals surface area contributed by atoms with Crippen LogP contribution in [0.2, 0.25) is 5.02 Å². The molecule has 0 fully saturated rings. The first-order chi connectivity index (χ1) is 7.25. The molecule has 0 saturated heterocycles. The van der Waals surface area contributed by atoms with Crippen LogP contribution in [0.1, 0.15) is 5.56 Å². The molecule has 0 atom stereocenters. The number of benzene rings is 1. The van der Waals surface area contributed by atoms with Crippen molar-refractivity contribution in [2.75, 3.05) is 0 Å². The second-order valence-corrected chi connectivity index (χ2v) is 3.64. The lowest BCUT2D eigenvalue weighted by Crippen LogP contribution is -2.00. The second kappa shape index (κ2) is 4.28. The first-order valence-corrected chi connectivity index (χ1v) is 4.89. The van der Waals surface area contributed by atoms with Gasteiger partial charge in [-0.1, -0.05) is 30.3 Å². The number of rotatable bonds is 3. The third-order valence-electron chi connectivity index (χ3n) is 2.05. The van der Waals surface area contributed by atoms with Gasteiger partial charge in [0.2, 0.25) is 0 Å². The predicted octanol–water partition coefficient (Wildman–Crippen LogP) is 2.64. The molecule has 0 spiro atoms. The monoisotopic (exact) mass is 219 g/mol. The number of hydrogen-bond acceptors (Lipinski definition) is 2. The Morgan fingerprint density at radius 3 is 3.00 bits per heavy atom. The molecule has 0 aliphatic rings. The van der Waals surface area contributed by atoms with Gasteiger partial charge in [0.1, 0.15) is 12.7 Å². The van der Waals surface area contributed by atoms with Gasteiger partial charge in [0.25, 0.3) is 0 Å². The molecule has 3 nitrogen and oxygen atoms in total. The van der Waals surface area contributed by atoms with E-state index >= 15 is 0 Å². The molecule has 4 heteroatoms. The minimum Gasteiger partial charge on any atom is -0.249 e. The summed E-state index contributed by atoms with van der Waals surface area (Å²) in [4.78, 5) is 3.87. The highest BCUT2D eigenvalue weighted by Crippen LogP contribution is 2.18. The Hall–Kier alpha value is -1.61. The minimum atomic E-state index is 0.625. The molecule has 2 aromatic rings. The molecule has 0 aliphatic carbocycles. The molecule has 0 bridgehead atoms. The fourth-order valence-electron chi connectivity index (χ4n) is 1.31. The van der Waals surface area contributed by atoms with Gasteiger partial charge in [-0.3, -0.25) is 0 Å². The van der Waals surface area contributed by atoms with Crippen molar-refractivity contribution in [1.29, 1.82) is 0 Å². The van der Waals surface area contributed by atoms with Gasteiger partial charge in [0.15, 0.2) is 0 Å². The lowest BCUT2D eigenvalue weighted by molar-refractivity contribution is 0.711. The number of nitrogens with zero attached hydrogens (tertiary/aromatic N) is 3. The van der Waals surface area contributed by atoms with E-state index in [0.717, 1.165) is 11.1 Å². The third-order valence-corrected chi connectivity index (χ3v) is 2.29. The molecular formula is C11H10ClN3. The van der Waals surface area contributed by atoms with Crippen LogP contribution in [-0.2, 0) is 6.54 Å². The largest absolute Gasteiger partial charge is 0.249 e. The summed E-state index contributed by atoms with van der Waals surface area (Å²) in [7, 11) is 0. The number of halogens is 1. The maximum Gasteiger partial charge on any atom is 0.137 e. The molecule has 0 radical (unpaired) electrons. The van der Waals surface area contributed by atoms with Crippen LogP contribution < -0.4 is 0 Å². The first kappa shape index (κ1) is 9.93. The summed E-state index contributed by atoms with van der Waals surface area (Å²) in [5.74, 6) is 0. The van der Waals surface area contributed by atoms with Crippen molar-refractivity contribution in [1.82, 2.24) is 14.8 Å². The Bertz CT molecular complexity index is 462. The molecule has 1 aromatic heterocycles. The molecule has 0 saturated carbocycles. The summed E-state index contributed by atoms with van der Waals surface area (Å²) in [5, 5.41) is 4.73. The quantitative estimate of drug-likeness (QED) is 0.795. The van der Waals surface area contributed by atoms with Crippen molar-refractivity contribution in [3.8, 4) is 0 Å². The average molecular weight is 220 g/mol. The van der Waals surface area contributed by atoms with E-state index < -0.39 is 0 Å². The Morgan fingerprint density at radius 1 is 1.47 bits per heavy atom. The van der Waals surface area contributed by atoms with Crippen LogP contribution in [0.4, 0.5) is 0 Å². The van der Waals surface area contributed by atoms with E-state index in [1.807, 2.05) is 24.3 Å². The third kappa shape index (κ3) is 2.44. The molecule has 1 aromatic carbocycles. The maximum atomic E-state index is 5.89. The standard InChI is InChI=1S/C11H10ClN3/c1-9(6-15-8-13-7-14-15)10-3-2-4-11(12)5-10/h2-5,7-8H,1,6H2. The fraction of sp³-hybridized carbons (Fsp3) is 0.0909. The van der Waals surface area contributed by atoms with Crippen molar-refractivity contribution in [3.63, 3.8) is 0 Å². The van der Waals surface area contributed by atoms with Gasteiger partial charge >= 0.3 is 0 Å². The van der Waals surface area contributed by atoms with Crippen LogP contribution in [0.25, 0.3) is 5.57 Å². The highest BCUT2D eigenvalue weighted by Gasteiger charge is 2.01. The zero-order valence-corrected chi connectivity index (χ0v) is 8.85. The fourth-order valence-corrected chi connectivity index (χ4v) is 1.50. The van der Waals surface area contributed by atoms with Crippen molar-refractivity contribution >= 4 is 17.2 Å². The molecule has 0 unspecified atom stereocenters. The van der Waals surface area contributed by atoms with E-state index in [9.17, 15) is 0 Å². The van der Waals surface area contributed by atoms with Gasteiger partial charge in [-0.2, -0.15) is 5.10 Å². The minimum absolute atomic E-state index is 0.625. The van der Waals surface area contributed by atoms with E-state index in [1.54, 1.807) is 11.0 Å². The van der Waals surface area contributed by atoms with Crippen molar-refractivity contribution in [2.45, 2.75) is 6.54 Å². The predicted molar refractivity (Wildman–Crippen MR) is 60.5 cm³/mol. The lowest BCUT2D eigenvalue weighted by Gasteiger charge is -2.05. The number of hydrogen-bond donors (Lipinski definition) is 0. The highest BCUT2D eigenvalue weighted by atomic mass is 35.5. The normalized spacial score (nSPS) is 10.2. The Kier molecular flexibility index (Phi) is 2.83. The van der Waals surface area contributed by atoms with Gasteiger partial charge in [-0.15, -0.1) is 0 Å². The lowest BCUT2D eigenvalue weighted by atomic mass is 10.1. The number of allylic oxidation sites excluding steroid dienone is 1. The molecule has 1 heterocycles. The molecular weight excluding hydrogens is 210 g/mol. The van der Waals surface area contributed by atoms with Crippen LogP contribution >= 0.6 is 11.6 Å². The SMILES string of the molecule is C=C(Cn1cncn1)c1cccc(Cl)c1. The van der Waals surface area contributed by atoms with E-state index in [1.165, 1.54) is 6.33 Å². The van der Waals surface area contributed by atoms with Gasteiger partial charge in [0, 0.05) is 5.02 Å². The summed E-state index contributed by atoms with van der Waals surface area (Å²) < 4.78 is 1.73. The summed E-state index contributed by atoms with van der Waals surface area (Å²) in [6.45, 7) is 4.62. The molecule has 0 amide bonds. The zero-order chi connectivity index (χ0) is 10.7. The van der Waals surface area contributed by atoms with Crippen molar-refractivity contribution in [2.24, 2.45) is 0 Å². The summed E-state index contributed by atoms with van der Waals surface area (Å²) >= 11 is 5.89. The molecule has 15 heavy (non-hydrogen) atoms. The summed E-state index contributed by atoms with van der Waals surface area (Å²) in [5.41, 5.74) is 1.99. The molecule has 0 aliphatic heterocycles. The smallest absolute Gasteiger partial charge is 0.137 e. The van der Waals surface area contributed by atoms with Crippen LogP contribution in [0.3, 0.4) is 0 Å². The Balaban J connectivity index is 2.15. The van der Waals surface area contributed by atoms with Crippen molar-refractivity contribution in [3.05, 3.63) is 54.1 Å². The van der Waals surface area contributed by atoms with Crippen LogP contribution in [0, 0.1) is 0 Å². The summed E-state index contributed by atoms with van der Waals surface area (Å²) in [6, 6.07) is 7.62. The van der Waals surface area contributed by atoms with Gasteiger partial charge < -0.3 is 0 Å². The van der Waals surface area contributed by atoms with E-state index in [4.69, 9.17) is 11.6 Å². The topological polar surface area (TPSA) is 30.7 Å². The first-order valence-electron chi connectivity index (χ1n) is 4.52. The van der Waals surface area contributed by atoms with Crippen LogP contribution in [0.5, 0.6) is 0 Å². The van der Waals surface area contributed by atoms with Gasteiger partial charge in [-0.25, -0.2) is 9.67 Å². The van der Waals surface area contributed by atoms with Gasteiger partial charge in [0.05, 0.1) is 6.54 Å². The maximum absolute atomic E-state index is 5.89. The van der Waals surface area contributed by atoms with Gasteiger partial charge in [-0.05, 0) is 23.3 Å². The molecule has 76 valence electrons. The molecule has 2 rings (SSSR count). The van der Waals surface area contributed by atoms with Crippen molar-refractivity contribution < 1.29 is 0 Å². The second-order valence-electron chi connectivity index (χ2n) is 3.21. The zero-order valence-electron chi connectivity index (χ0n) is 8.10. The summed E-state index contributed by atoms with van der Waals surface area (Å²) in [6.07, 6.45) is 3.17. The average Bonchev–Trinajstić information content (AvgIpc) is 2.70. The Labute approximate surface area is 93.0 Å². The van der Waals surface area contributed by atoms with E-state index in [-0.39, 0.29) is 0 Å². The van der Waals surface area contributed by atoms with Crippen LogP contribution in [0.15, 0.2) is 43.5 Å². The number of aromatic nitrogens is 3. The van der Waals surface area contributed by atoms with Crippen LogP contribution in [-0.4, -0.2) is 14.8 Å². The van der Waals surface area contributed by atoms with E-state index in [0.29, 0.717) is 11.6 Å². The highest BCUT2D eigenvalue weighted by molar-refractivity contribution is 6.30.